The van der Waals surface area contributed by atoms with Gasteiger partial charge in [0, 0.05) is 12.1 Å². The third-order valence-electron chi connectivity index (χ3n) is 2.50. The van der Waals surface area contributed by atoms with Crippen molar-refractivity contribution in [1.82, 2.24) is 0 Å². The molecular weight excluding hydrogens is 278 g/mol. The minimum absolute atomic E-state index is 0.396. The van der Waals surface area contributed by atoms with Gasteiger partial charge in [-0.25, -0.2) is 22.4 Å². The number of hydrogen-bond donors (Lipinski definition) is 2. The van der Waals surface area contributed by atoms with Crippen LogP contribution in [0.5, 0.6) is 0 Å². The smallest absolute Gasteiger partial charge is 0.337 e. The quantitative estimate of drug-likeness (QED) is 0.846. The molecule has 0 bridgehead atoms. The van der Waals surface area contributed by atoms with Gasteiger partial charge in [-0.2, -0.15) is 0 Å². The van der Waals surface area contributed by atoms with Gasteiger partial charge in [-0.15, -0.1) is 0 Å². The minimum atomic E-state index is -1.48. The Labute approximate surface area is 110 Å². The third kappa shape index (κ3) is 2.56. The molecule has 104 valence electrons. The molecule has 0 radical (unpaired) electrons. The first kappa shape index (κ1) is 13.9. The van der Waals surface area contributed by atoms with Crippen LogP contribution in [0, 0.1) is 23.3 Å². The van der Waals surface area contributed by atoms with Crippen LogP contribution < -0.4 is 5.32 Å². The van der Waals surface area contributed by atoms with Gasteiger partial charge in [-0.1, -0.05) is 6.07 Å². The summed E-state index contributed by atoms with van der Waals surface area (Å²) in [6, 6.07) is 3.92. The highest BCUT2D eigenvalue weighted by atomic mass is 19.1. The van der Waals surface area contributed by atoms with Crippen molar-refractivity contribution in [2.45, 2.75) is 0 Å². The Morgan fingerprint density at radius 1 is 0.950 bits per heavy atom. The van der Waals surface area contributed by atoms with Crippen molar-refractivity contribution in [1.29, 1.82) is 0 Å². The number of halogens is 4. The Bertz CT molecular complexity index is 665. The number of carbonyl (C=O) groups is 1. The second kappa shape index (κ2) is 5.20. The molecule has 20 heavy (non-hydrogen) atoms. The van der Waals surface area contributed by atoms with Gasteiger partial charge in [-0.05, 0) is 12.1 Å². The Morgan fingerprint density at radius 2 is 1.55 bits per heavy atom. The molecule has 2 aromatic rings. The molecule has 2 rings (SSSR count). The normalized spacial score (nSPS) is 10.4. The molecule has 0 aliphatic carbocycles. The van der Waals surface area contributed by atoms with Crippen molar-refractivity contribution in [3.05, 3.63) is 59.2 Å². The molecule has 0 heterocycles. The van der Waals surface area contributed by atoms with Crippen molar-refractivity contribution in [3.8, 4) is 0 Å². The molecule has 0 atom stereocenters. The number of para-hydroxylation sites is 1. The summed E-state index contributed by atoms with van der Waals surface area (Å²) >= 11 is 0. The maximum absolute atomic E-state index is 13.6. The zero-order valence-electron chi connectivity index (χ0n) is 9.75. The third-order valence-corrected chi connectivity index (χ3v) is 2.50. The molecule has 2 aromatic carbocycles. The Balaban J connectivity index is 2.53. The topological polar surface area (TPSA) is 49.3 Å². The first-order valence-electron chi connectivity index (χ1n) is 5.33. The fourth-order valence-corrected chi connectivity index (χ4v) is 1.62. The van der Waals surface area contributed by atoms with Gasteiger partial charge in [0.05, 0.1) is 11.3 Å². The van der Waals surface area contributed by atoms with Crippen LogP contribution >= 0.6 is 0 Å². The Morgan fingerprint density at radius 3 is 2.10 bits per heavy atom. The zero-order valence-corrected chi connectivity index (χ0v) is 9.75. The van der Waals surface area contributed by atoms with Gasteiger partial charge in [-0.3, -0.25) is 0 Å². The molecule has 0 saturated heterocycles. The van der Waals surface area contributed by atoms with Gasteiger partial charge in [0.25, 0.3) is 0 Å². The summed E-state index contributed by atoms with van der Waals surface area (Å²) < 4.78 is 53.3. The highest BCUT2D eigenvalue weighted by Gasteiger charge is 2.18. The van der Waals surface area contributed by atoms with Crippen LogP contribution in [0.15, 0.2) is 30.3 Å². The minimum Gasteiger partial charge on any atom is -0.478 e. The van der Waals surface area contributed by atoms with E-state index in [9.17, 15) is 22.4 Å². The van der Waals surface area contributed by atoms with Gasteiger partial charge >= 0.3 is 5.97 Å². The second-order valence-electron chi connectivity index (χ2n) is 3.84. The predicted molar refractivity (Wildman–Crippen MR) is 63.0 cm³/mol. The van der Waals surface area contributed by atoms with E-state index in [2.05, 4.69) is 0 Å². The van der Waals surface area contributed by atoms with Gasteiger partial charge in [0.1, 0.15) is 17.3 Å². The van der Waals surface area contributed by atoms with Crippen molar-refractivity contribution in [2.75, 3.05) is 5.32 Å². The van der Waals surface area contributed by atoms with Gasteiger partial charge in [0.15, 0.2) is 11.6 Å². The average Bonchev–Trinajstić information content (AvgIpc) is 2.34. The van der Waals surface area contributed by atoms with Crippen LogP contribution in [0.3, 0.4) is 0 Å². The number of hydrogen-bond acceptors (Lipinski definition) is 2. The second-order valence-corrected chi connectivity index (χ2v) is 3.84. The van der Waals surface area contributed by atoms with E-state index in [1.807, 2.05) is 5.32 Å². The van der Waals surface area contributed by atoms with E-state index in [0.29, 0.717) is 12.1 Å². The molecule has 0 aromatic heterocycles. The number of carboxylic acids is 1. The first-order chi connectivity index (χ1) is 9.40. The largest absolute Gasteiger partial charge is 0.478 e. The summed E-state index contributed by atoms with van der Waals surface area (Å²) in [5.74, 6) is -6.23. The number of nitrogens with one attached hydrogen (secondary N) is 1. The summed E-state index contributed by atoms with van der Waals surface area (Å²) in [7, 11) is 0. The number of aromatic carboxylic acids is 1. The fourth-order valence-electron chi connectivity index (χ4n) is 1.62. The molecule has 0 aliphatic rings. The SMILES string of the molecule is O=C(O)c1cccc(F)c1Nc1c(F)cc(F)cc1F. The van der Waals surface area contributed by atoms with Gasteiger partial charge < -0.3 is 10.4 Å². The first-order valence-corrected chi connectivity index (χ1v) is 5.33. The number of rotatable bonds is 3. The molecule has 0 amide bonds. The van der Waals surface area contributed by atoms with Crippen LogP contribution in [0.25, 0.3) is 0 Å². The van der Waals surface area contributed by atoms with Crippen molar-refractivity contribution >= 4 is 17.3 Å². The Hall–Kier alpha value is -2.57. The lowest BCUT2D eigenvalue weighted by molar-refractivity contribution is 0.0697. The van der Waals surface area contributed by atoms with E-state index in [0.717, 1.165) is 18.2 Å². The molecule has 0 fully saturated rings. The standard InChI is InChI=1S/C13H7F4NO2/c14-6-4-9(16)12(10(17)5-6)18-11-7(13(19)20)2-1-3-8(11)15/h1-5,18H,(H,19,20). The number of carboxylic acid groups (broad SMARTS) is 1. The number of anilines is 2. The van der Waals surface area contributed by atoms with Crippen LogP contribution in [-0.2, 0) is 0 Å². The Kier molecular flexibility index (Phi) is 3.60. The van der Waals surface area contributed by atoms with Crippen molar-refractivity contribution in [2.24, 2.45) is 0 Å². The highest BCUT2D eigenvalue weighted by Crippen LogP contribution is 2.28. The molecular formula is C13H7F4NO2. The summed E-state index contributed by atoms with van der Waals surface area (Å²) in [4.78, 5) is 10.9. The lowest BCUT2D eigenvalue weighted by Gasteiger charge is -2.12. The lowest BCUT2D eigenvalue weighted by atomic mass is 10.1. The molecule has 2 N–H and O–H groups in total. The van der Waals surface area contributed by atoms with E-state index in [-0.39, 0.29) is 0 Å². The van der Waals surface area contributed by atoms with E-state index in [1.54, 1.807) is 0 Å². The molecule has 0 unspecified atom stereocenters. The molecule has 0 aliphatic heterocycles. The number of benzene rings is 2. The summed E-state index contributed by atoms with van der Waals surface area (Å²) in [6.07, 6.45) is 0. The summed E-state index contributed by atoms with van der Waals surface area (Å²) in [5, 5.41) is 10.9. The molecule has 0 saturated carbocycles. The molecule has 0 spiro atoms. The summed E-state index contributed by atoms with van der Waals surface area (Å²) in [6.45, 7) is 0. The fraction of sp³-hybridized carbons (Fsp3) is 0. The summed E-state index contributed by atoms with van der Waals surface area (Å²) in [5.41, 5.74) is -1.95. The molecule has 7 heteroatoms. The van der Waals surface area contributed by atoms with E-state index >= 15 is 0 Å². The van der Waals surface area contributed by atoms with Crippen LogP contribution in [-0.4, -0.2) is 11.1 Å². The van der Waals surface area contributed by atoms with E-state index in [4.69, 9.17) is 5.11 Å². The van der Waals surface area contributed by atoms with Crippen LogP contribution in [0.1, 0.15) is 10.4 Å². The van der Waals surface area contributed by atoms with E-state index < -0.39 is 46.2 Å². The highest BCUT2D eigenvalue weighted by molar-refractivity contribution is 5.95. The van der Waals surface area contributed by atoms with Crippen molar-refractivity contribution < 1.29 is 27.5 Å². The lowest BCUT2D eigenvalue weighted by Crippen LogP contribution is -2.07. The van der Waals surface area contributed by atoms with E-state index in [1.165, 1.54) is 0 Å². The van der Waals surface area contributed by atoms with Crippen LogP contribution in [0.4, 0.5) is 28.9 Å². The zero-order chi connectivity index (χ0) is 14.9. The van der Waals surface area contributed by atoms with Gasteiger partial charge in [0.2, 0.25) is 0 Å². The van der Waals surface area contributed by atoms with Crippen LogP contribution in [0.2, 0.25) is 0 Å². The maximum Gasteiger partial charge on any atom is 0.337 e. The maximum atomic E-state index is 13.6. The average molecular weight is 285 g/mol. The predicted octanol–water partition coefficient (Wildman–Crippen LogP) is 3.68. The van der Waals surface area contributed by atoms with Crippen molar-refractivity contribution in [3.63, 3.8) is 0 Å². The monoisotopic (exact) mass is 285 g/mol. The molecule has 3 nitrogen and oxygen atoms in total.